The molecule has 0 saturated carbocycles. The number of hydrogen-bond acceptors (Lipinski definition) is 2. The molecule has 1 aromatic carbocycles. The zero-order valence-electron chi connectivity index (χ0n) is 8.70. The van der Waals surface area contributed by atoms with E-state index in [1.54, 1.807) is 12.1 Å². The van der Waals surface area contributed by atoms with E-state index in [0.717, 1.165) is 25.1 Å². The van der Waals surface area contributed by atoms with Crippen molar-refractivity contribution in [3.63, 3.8) is 0 Å². The van der Waals surface area contributed by atoms with E-state index in [1.165, 1.54) is 0 Å². The summed E-state index contributed by atoms with van der Waals surface area (Å²) in [5.41, 5.74) is 0.751. The van der Waals surface area contributed by atoms with Crippen molar-refractivity contribution in [1.82, 2.24) is 5.32 Å². The van der Waals surface area contributed by atoms with Crippen molar-refractivity contribution in [2.24, 2.45) is 0 Å². The molecule has 0 bridgehead atoms. The number of benzene rings is 1. The van der Waals surface area contributed by atoms with Gasteiger partial charge in [-0.3, -0.25) is 4.79 Å². The van der Waals surface area contributed by atoms with Crippen molar-refractivity contribution < 1.29 is 4.79 Å². The Bertz CT molecular complexity index is 365. The molecule has 1 amide bonds. The molecule has 0 spiro atoms. The summed E-state index contributed by atoms with van der Waals surface area (Å²) in [7, 11) is 0. The second-order valence-corrected chi connectivity index (χ2v) is 4.08. The maximum absolute atomic E-state index is 11.7. The largest absolute Gasteiger partial charge is 0.325 e. The van der Waals surface area contributed by atoms with Crippen LogP contribution in [0.4, 0.5) is 5.69 Å². The standard InChI is InChI=1S/C11H13ClN2O.ClH/c12-8-3-1-4-9(7-8)14-11(15)10-5-2-6-13-10;/h1,3-4,7,10,13H,2,5-6H2,(H,14,15);1H. The fourth-order valence-electron chi connectivity index (χ4n) is 1.70. The lowest BCUT2D eigenvalue weighted by molar-refractivity contribution is -0.117. The number of anilines is 1. The molecule has 1 heterocycles. The van der Waals surface area contributed by atoms with Gasteiger partial charge in [-0.2, -0.15) is 0 Å². The molecule has 88 valence electrons. The Morgan fingerprint density at radius 2 is 2.31 bits per heavy atom. The first-order valence-electron chi connectivity index (χ1n) is 5.05. The van der Waals surface area contributed by atoms with Crippen LogP contribution in [0, 0.1) is 0 Å². The Labute approximate surface area is 106 Å². The van der Waals surface area contributed by atoms with Crippen molar-refractivity contribution in [3.05, 3.63) is 29.3 Å². The van der Waals surface area contributed by atoms with Gasteiger partial charge in [0.05, 0.1) is 6.04 Å². The van der Waals surface area contributed by atoms with E-state index in [2.05, 4.69) is 10.6 Å². The minimum atomic E-state index is -0.0519. The zero-order valence-corrected chi connectivity index (χ0v) is 10.3. The van der Waals surface area contributed by atoms with Gasteiger partial charge in [0, 0.05) is 10.7 Å². The zero-order chi connectivity index (χ0) is 10.7. The molecule has 1 atom stereocenters. The van der Waals surface area contributed by atoms with Gasteiger partial charge in [0.25, 0.3) is 0 Å². The summed E-state index contributed by atoms with van der Waals surface area (Å²) in [5.74, 6) is 0.0229. The highest BCUT2D eigenvalue weighted by atomic mass is 35.5. The normalized spacial score (nSPS) is 18.9. The van der Waals surface area contributed by atoms with Gasteiger partial charge in [0.1, 0.15) is 0 Å². The summed E-state index contributed by atoms with van der Waals surface area (Å²) in [4.78, 5) is 11.7. The van der Waals surface area contributed by atoms with E-state index < -0.39 is 0 Å². The minimum absolute atomic E-state index is 0. The van der Waals surface area contributed by atoms with Crippen LogP contribution in [0.5, 0.6) is 0 Å². The highest BCUT2D eigenvalue weighted by molar-refractivity contribution is 6.30. The lowest BCUT2D eigenvalue weighted by atomic mass is 10.2. The van der Waals surface area contributed by atoms with Crippen LogP contribution in [-0.4, -0.2) is 18.5 Å². The van der Waals surface area contributed by atoms with Gasteiger partial charge < -0.3 is 10.6 Å². The van der Waals surface area contributed by atoms with Crippen molar-refractivity contribution in [3.8, 4) is 0 Å². The Hall–Kier alpha value is -0.770. The van der Waals surface area contributed by atoms with Crippen molar-refractivity contribution in [1.29, 1.82) is 0 Å². The van der Waals surface area contributed by atoms with E-state index in [0.29, 0.717) is 5.02 Å². The third kappa shape index (κ3) is 3.37. The van der Waals surface area contributed by atoms with Crippen LogP contribution in [0.25, 0.3) is 0 Å². The number of amides is 1. The minimum Gasteiger partial charge on any atom is -0.325 e. The number of rotatable bonds is 2. The Morgan fingerprint density at radius 3 is 2.94 bits per heavy atom. The lowest BCUT2D eigenvalue weighted by Crippen LogP contribution is -2.35. The fourth-order valence-corrected chi connectivity index (χ4v) is 1.89. The Kier molecular flexibility index (Phi) is 5.06. The van der Waals surface area contributed by atoms with E-state index in [4.69, 9.17) is 11.6 Å². The molecule has 1 unspecified atom stereocenters. The summed E-state index contributed by atoms with van der Waals surface area (Å²) < 4.78 is 0. The van der Waals surface area contributed by atoms with Crippen LogP contribution in [0.2, 0.25) is 5.02 Å². The van der Waals surface area contributed by atoms with E-state index in [1.807, 2.05) is 12.1 Å². The summed E-state index contributed by atoms with van der Waals surface area (Å²) in [5, 5.41) is 6.62. The first kappa shape index (κ1) is 13.3. The molecule has 1 saturated heterocycles. The second-order valence-electron chi connectivity index (χ2n) is 3.65. The van der Waals surface area contributed by atoms with Gasteiger partial charge >= 0.3 is 0 Å². The molecule has 5 heteroatoms. The van der Waals surface area contributed by atoms with Crippen LogP contribution < -0.4 is 10.6 Å². The fraction of sp³-hybridized carbons (Fsp3) is 0.364. The monoisotopic (exact) mass is 260 g/mol. The van der Waals surface area contributed by atoms with E-state index >= 15 is 0 Å². The molecule has 16 heavy (non-hydrogen) atoms. The molecule has 2 N–H and O–H groups in total. The predicted octanol–water partition coefficient (Wildman–Crippen LogP) is 2.45. The van der Waals surface area contributed by atoms with Crippen LogP contribution in [0.15, 0.2) is 24.3 Å². The highest BCUT2D eigenvalue weighted by Gasteiger charge is 2.21. The number of carbonyl (C=O) groups excluding carboxylic acids is 1. The SMILES string of the molecule is Cl.O=C(Nc1cccc(Cl)c1)C1CCCN1. The van der Waals surface area contributed by atoms with Crippen molar-refractivity contribution >= 4 is 35.6 Å². The molecule has 3 nitrogen and oxygen atoms in total. The first-order valence-corrected chi connectivity index (χ1v) is 5.43. The molecule has 0 aliphatic carbocycles. The summed E-state index contributed by atoms with van der Waals surface area (Å²) >= 11 is 5.82. The van der Waals surface area contributed by atoms with Crippen molar-refractivity contribution in [2.45, 2.75) is 18.9 Å². The lowest BCUT2D eigenvalue weighted by Gasteiger charge is -2.10. The van der Waals surface area contributed by atoms with Gasteiger partial charge in [0.15, 0.2) is 0 Å². The number of hydrogen-bond donors (Lipinski definition) is 2. The summed E-state index contributed by atoms with van der Waals surface area (Å²) in [6, 6.07) is 7.13. The molecule has 1 aromatic rings. The highest BCUT2D eigenvalue weighted by Crippen LogP contribution is 2.16. The summed E-state index contributed by atoms with van der Waals surface area (Å²) in [6.45, 7) is 0.924. The molecule has 1 aliphatic rings. The van der Waals surface area contributed by atoms with Crippen LogP contribution >= 0.6 is 24.0 Å². The second kappa shape index (κ2) is 6.09. The molecule has 1 aliphatic heterocycles. The van der Waals surface area contributed by atoms with Gasteiger partial charge in [-0.1, -0.05) is 17.7 Å². The van der Waals surface area contributed by atoms with Gasteiger partial charge in [0.2, 0.25) is 5.91 Å². The van der Waals surface area contributed by atoms with Gasteiger partial charge in [-0.15, -0.1) is 12.4 Å². The molecule has 0 radical (unpaired) electrons. The molecular weight excluding hydrogens is 247 g/mol. The molecule has 1 fully saturated rings. The third-order valence-corrected chi connectivity index (χ3v) is 2.70. The summed E-state index contributed by atoms with van der Waals surface area (Å²) in [6.07, 6.45) is 1.97. The average Bonchev–Trinajstić information content (AvgIpc) is 2.70. The Balaban J connectivity index is 0.00000128. The molecular formula is C11H14Cl2N2O. The quantitative estimate of drug-likeness (QED) is 0.858. The maximum Gasteiger partial charge on any atom is 0.241 e. The van der Waals surface area contributed by atoms with Crippen LogP contribution in [0.1, 0.15) is 12.8 Å². The predicted molar refractivity (Wildman–Crippen MR) is 68.4 cm³/mol. The van der Waals surface area contributed by atoms with Gasteiger partial charge in [-0.25, -0.2) is 0 Å². The first-order chi connectivity index (χ1) is 7.25. The van der Waals surface area contributed by atoms with Crippen LogP contribution in [0.3, 0.4) is 0 Å². The van der Waals surface area contributed by atoms with E-state index in [9.17, 15) is 4.79 Å². The topological polar surface area (TPSA) is 41.1 Å². The van der Waals surface area contributed by atoms with E-state index in [-0.39, 0.29) is 24.4 Å². The third-order valence-electron chi connectivity index (χ3n) is 2.47. The molecule has 2 rings (SSSR count). The average molecular weight is 261 g/mol. The van der Waals surface area contributed by atoms with Crippen LogP contribution in [-0.2, 0) is 4.79 Å². The Morgan fingerprint density at radius 1 is 1.50 bits per heavy atom. The molecule has 0 aromatic heterocycles. The smallest absolute Gasteiger partial charge is 0.241 e. The van der Waals surface area contributed by atoms with Gasteiger partial charge in [-0.05, 0) is 37.6 Å². The number of halogens is 2. The number of carbonyl (C=O) groups is 1. The number of nitrogens with one attached hydrogen (secondary N) is 2. The maximum atomic E-state index is 11.7. The van der Waals surface area contributed by atoms with Crippen molar-refractivity contribution in [2.75, 3.05) is 11.9 Å².